The zero-order chi connectivity index (χ0) is 38.5. The molecule has 2 aromatic rings. The number of carbonyl (C=O) groups excluding carboxylic acids is 5. The predicted molar refractivity (Wildman–Crippen MR) is 188 cm³/mol. The van der Waals surface area contributed by atoms with Crippen LogP contribution in [0.4, 0.5) is 13.6 Å². The summed E-state index contributed by atoms with van der Waals surface area (Å²) in [5.41, 5.74) is 6.33. The molecular weight excluding hydrogens is 664 g/mol. The highest BCUT2D eigenvalue weighted by Crippen LogP contribution is 2.30. The molecule has 0 aromatic heterocycles. The van der Waals surface area contributed by atoms with Gasteiger partial charge >= 0.3 is 12.0 Å². The highest BCUT2D eigenvalue weighted by Gasteiger charge is 2.54. The minimum Gasteiger partial charge on any atom is -0.444 e. The van der Waals surface area contributed by atoms with E-state index in [0.29, 0.717) is 11.1 Å². The van der Waals surface area contributed by atoms with E-state index in [0.717, 1.165) is 0 Å². The van der Waals surface area contributed by atoms with E-state index in [4.69, 9.17) is 10.5 Å². The third-order valence-electron chi connectivity index (χ3n) is 7.80. The predicted octanol–water partition coefficient (Wildman–Crippen LogP) is 3.39. The number of amides is 4. The minimum atomic E-state index is -4.41. The van der Waals surface area contributed by atoms with Gasteiger partial charge in [0, 0.05) is 13.0 Å². The number of ketones is 1. The van der Waals surface area contributed by atoms with Crippen LogP contribution in [0.15, 0.2) is 60.7 Å². The van der Waals surface area contributed by atoms with Crippen molar-refractivity contribution in [1.82, 2.24) is 21.3 Å². The number of hydrogen-bond acceptors (Lipinski definition) is 8. The van der Waals surface area contributed by atoms with Gasteiger partial charge in [-0.3, -0.25) is 19.2 Å². The molecule has 14 heteroatoms. The Morgan fingerprint density at radius 2 is 1.37 bits per heavy atom. The molecule has 5 atom stereocenters. The Morgan fingerprint density at radius 3 is 1.88 bits per heavy atom. The molecule has 0 aliphatic rings. The van der Waals surface area contributed by atoms with Crippen LogP contribution in [-0.4, -0.2) is 76.5 Å². The third-order valence-corrected chi connectivity index (χ3v) is 7.80. The van der Waals surface area contributed by atoms with Gasteiger partial charge in [-0.2, -0.15) is 0 Å². The monoisotopic (exact) mass is 717 g/mol. The zero-order valence-corrected chi connectivity index (χ0v) is 30.4. The van der Waals surface area contributed by atoms with E-state index >= 15 is 8.78 Å². The van der Waals surface area contributed by atoms with Crippen LogP contribution < -0.4 is 27.0 Å². The Labute approximate surface area is 298 Å². The van der Waals surface area contributed by atoms with Crippen molar-refractivity contribution in [2.45, 2.75) is 116 Å². The number of benzene rings is 2. The summed E-state index contributed by atoms with van der Waals surface area (Å²) in [5, 5.41) is 20.7. The molecule has 0 saturated heterocycles. The van der Waals surface area contributed by atoms with Crippen molar-refractivity contribution in [3.05, 3.63) is 71.8 Å². The van der Waals surface area contributed by atoms with Crippen molar-refractivity contribution in [1.29, 1.82) is 0 Å². The summed E-state index contributed by atoms with van der Waals surface area (Å²) >= 11 is 0. The highest BCUT2D eigenvalue weighted by atomic mass is 19.3. The first-order valence-corrected chi connectivity index (χ1v) is 17.0. The molecule has 12 nitrogen and oxygen atoms in total. The topological polar surface area (TPSA) is 189 Å². The fourth-order valence-corrected chi connectivity index (χ4v) is 5.06. The first kappa shape index (κ1) is 42.7. The van der Waals surface area contributed by atoms with Crippen LogP contribution in [0, 0.1) is 11.8 Å². The number of nitrogens with one attached hydrogen (secondary N) is 4. The number of carbonyl (C=O) groups is 5. The van der Waals surface area contributed by atoms with Crippen LogP contribution in [0.2, 0.25) is 0 Å². The summed E-state index contributed by atoms with van der Waals surface area (Å²) in [5.74, 6) is -9.52. The van der Waals surface area contributed by atoms with Crippen LogP contribution in [0.1, 0.15) is 72.4 Å². The lowest BCUT2D eigenvalue weighted by molar-refractivity contribution is -0.165. The van der Waals surface area contributed by atoms with Crippen LogP contribution in [0.5, 0.6) is 0 Å². The molecule has 0 bridgehead atoms. The van der Waals surface area contributed by atoms with Crippen molar-refractivity contribution in [3.63, 3.8) is 0 Å². The van der Waals surface area contributed by atoms with Gasteiger partial charge in [-0.15, -0.1) is 0 Å². The Kier molecular flexibility index (Phi) is 16.1. The standard InChI is InChI=1S/C37H53F2N5O7/c1-22(2)18-26(42-33(48)27(19-24-14-10-8-11-15-24)43-35(50)51-36(5,6)7)32(47)37(38,39)31(44-34(49)30(40)23(3)4)28(45)20-29(46)41-21-25-16-12-9-13-17-25/h8-17,22-23,26-27,30-32,47H,18-21,40H2,1-7H3,(H,41,46)(H,42,48)(H,43,50)(H,44,49)/t26?,27-,30-,31?,32?/m0/s1. The smallest absolute Gasteiger partial charge is 0.408 e. The van der Waals surface area contributed by atoms with Crippen molar-refractivity contribution in [2.24, 2.45) is 17.6 Å². The maximum Gasteiger partial charge on any atom is 0.408 e. The van der Waals surface area contributed by atoms with Gasteiger partial charge in [-0.1, -0.05) is 88.4 Å². The molecule has 0 fully saturated rings. The molecule has 0 aliphatic carbocycles. The van der Waals surface area contributed by atoms with E-state index in [9.17, 15) is 29.1 Å². The van der Waals surface area contributed by atoms with E-state index in [1.807, 2.05) is 5.32 Å². The summed E-state index contributed by atoms with van der Waals surface area (Å²) < 4.78 is 38.2. The lowest BCUT2D eigenvalue weighted by Crippen LogP contribution is -2.65. The summed E-state index contributed by atoms with van der Waals surface area (Å²) in [6.45, 7) is 11.4. The average molecular weight is 718 g/mol. The number of alkyl carbamates (subject to hydrolysis) is 1. The zero-order valence-electron chi connectivity index (χ0n) is 30.4. The third kappa shape index (κ3) is 14.4. The Bertz CT molecular complexity index is 1450. The SMILES string of the molecule is CC(C)CC(NC(=O)[C@H](Cc1ccccc1)NC(=O)OC(C)(C)C)C(O)C(F)(F)C(NC(=O)[C@@H](N)C(C)C)C(=O)CC(=O)NCc1ccccc1. The lowest BCUT2D eigenvalue weighted by atomic mass is 9.89. The molecule has 0 saturated carbocycles. The summed E-state index contributed by atoms with van der Waals surface area (Å²) in [6, 6.07) is 10.4. The summed E-state index contributed by atoms with van der Waals surface area (Å²) in [6.07, 6.45) is -4.94. The number of aliphatic hydroxyl groups is 1. The molecule has 2 aromatic carbocycles. The van der Waals surface area contributed by atoms with Gasteiger partial charge in [-0.25, -0.2) is 13.6 Å². The van der Waals surface area contributed by atoms with Gasteiger partial charge < -0.3 is 36.8 Å². The van der Waals surface area contributed by atoms with Gasteiger partial charge in [-0.05, 0) is 50.2 Å². The fraction of sp³-hybridized carbons (Fsp3) is 0.541. The van der Waals surface area contributed by atoms with Gasteiger partial charge in [0.05, 0.1) is 18.5 Å². The maximum absolute atomic E-state index is 16.5. The van der Waals surface area contributed by atoms with Gasteiger partial charge in [0.15, 0.2) is 11.8 Å². The van der Waals surface area contributed by atoms with E-state index in [1.165, 1.54) is 0 Å². The molecule has 0 radical (unpaired) electrons. The van der Waals surface area contributed by atoms with Crippen LogP contribution in [0.25, 0.3) is 0 Å². The molecule has 282 valence electrons. The Morgan fingerprint density at radius 1 is 0.824 bits per heavy atom. The molecule has 4 amide bonds. The second-order valence-corrected chi connectivity index (χ2v) is 14.4. The first-order chi connectivity index (χ1) is 23.7. The highest BCUT2D eigenvalue weighted by molar-refractivity contribution is 6.02. The number of ether oxygens (including phenoxy) is 1. The largest absolute Gasteiger partial charge is 0.444 e. The number of Topliss-reactive ketones (excluding diaryl/α,β-unsaturated/α-hetero) is 1. The van der Waals surface area contributed by atoms with Crippen molar-refractivity contribution in [2.75, 3.05) is 0 Å². The van der Waals surface area contributed by atoms with E-state index in [1.54, 1.807) is 109 Å². The lowest BCUT2D eigenvalue weighted by Gasteiger charge is -2.36. The molecule has 3 unspecified atom stereocenters. The second kappa shape index (κ2) is 19.3. The molecular formula is C37H53F2N5O7. The van der Waals surface area contributed by atoms with Crippen LogP contribution in [0.3, 0.4) is 0 Å². The summed E-state index contributed by atoms with van der Waals surface area (Å²) in [4.78, 5) is 65.4. The van der Waals surface area contributed by atoms with E-state index in [2.05, 4.69) is 16.0 Å². The Hall–Kier alpha value is -4.43. The van der Waals surface area contributed by atoms with Gasteiger partial charge in [0.2, 0.25) is 17.7 Å². The number of nitrogens with two attached hydrogens (primary N) is 1. The first-order valence-electron chi connectivity index (χ1n) is 17.0. The number of halogens is 2. The van der Waals surface area contributed by atoms with Crippen LogP contribution in [-0.2, 0) is 36.9 Å². The molecule has 7 N–H and O–H groups in total. The fourth-order valence-electron chi connectivity index (χ4n) is 5.06. The molecule has 0 heterocycles. The number of rotatable bonds is 18. The van der Waals surface area contributed by atoms with E-state index in [-0.39, 0.29) is 25.3 Å². The minimum absolute atomic E-state index is 0.0190. The normalized spacial score (nSPS) is 14.8. The molecule has 2 rings (SSSR count). The summed E-state index contributed by atoms with van der Waals surface area (Å²) in [7, 11) is 0. The molecule has 51 heavy (non-hydrogen) atoms. The maximum atomic E-state index is 16.5. The molecule has 0 spiro atoms. The van der Waals surface area contributed by atoms with Crippen molar-refractivity contribution in [3.8, 4) is 0 Å². The van der Waals surface area contributed by atoms with Gasteiger partial charge in [0.1, 0.15) is 17.7 Å². The second-order valence-electron chi connectivity index (χ2n) is 14.4. The number of alkyl halides is 2. The Balaban J connectivity index is 2.41. The van der Waals surface area contributed by atoms with Crippen LogP contribution >= 0.6 is 0 Å². The molecule has 0 aliphatic heterocycles. The van der Waals surface area contributed by atoms with Gasteiger partial charge in [0.25, 0.3) is 0 Å². The van der Waals surface area contributed by atoms with Crippen molar-refractivity contribution < 1.29 is 42.6 Å². The quantitative estimate of drug-likeness (QED) is 0.127. The average Bonchev–Trinajstić information content (AvgIpc) is 3.04. The van der Waals surface area contributed by atoms with Crippen molar-refractivity contribution >= 4 is 29.6 Å². The number of aliphatic hydroxyl groups excluding tert-OH is 1. The number of hydrogen-bond donors (Lipinski definition) is 6. The van der Waals surface area contributed by atoms with E-state index < -0.39 is 83.7 Å².